The quantitative estimate of drug-likeness (QED) is 0.798. The third-order valence-corrected chi connectivity index (χ3v) is 2.96. The first-order valence-electron chi connectivity index (χ1n) is 5.79. The van der Waals surface area contributed by atoms with Gasteiger partial charge in [0.2, 0.25) is 0 Å². The van der Waals surface area contributed by atoms with Crippen molar-refractivity contribution >= 4 is 28.3 Å². The third-order valence-electron chi connectivity index (χ3n) is 2.74. The van der Waals surface area contributed by atoms with E-state index in [2.05, 4.69) is 30.7 Å². The third kappa shape index (κ3) is 2.91. The average molecular weight is 252 g/mol. The highest BCUT2D eigenvalue weighted by Crippen LogP contribution is 2.26. The van der Waals surface area contributed by atoms with Gasteiger partial charge in [0.15, 0.2) is 0 Å². The van der Waals surface area contributed by atoms with E-state index in [0.717, 1.165) is 29.7 Å². The van der Waals surface area contributed by atoms with Crippen LogP contribution in [0.5, 0.6) is 0 Å². The number of halogens is 1. The Bertz CT molecular complexity index is 537. The van der Waals surface area contributed by atoms with Crippen molar-refractivity contribution in [3.05, 3.63) is 23.0 Å². The topological polar surface area (TPSA) is 54.7 Å². The van der Waals surface area contributed by atoms with Crippen LogP contribution in [-0.2, 0) is 6.42 Å². The van der Waals surface area contributed by atoms with Gasteiger partial charge in [0, 0.05) is 11.4 Å². The maximum atomic E-state index is 5.96. The molecule has 0 aliphatic rings. The highest BCUT2D eigenvalue weighted by atomic mass is 35.5. The van der Waals surface area contributed by atoms with Crippen molar-refractivity contribution in [1.29, 1.82) is 0 Å². The number of benzene rings is 1. The van der Waals surface area contributed by atoms with Crippen LogP contribution in [0.25, 0.3) is 11.0 Å². The van der Waals surface area contributed by atoms with E-state index in [9.17, 15) is 0 Å². The van der Waals surface area contributed by atoms with E-state index in [1.807, 2.05) is 6.07 Å². The molecule has 17 heavy (non-hydrogen) atoms. The van der Waals surface area contributed by atoms with Crippen molar-refractivity contribution in [2.24, 2.45) is 5.41 Å². The smallest absolute Gasteiger partial charge is 0.112 e. The van der Waals surface area contributed by atoms with E-state index in [1.54, 1.807) is 6.07 Å². The summed E-state index contributed by atoms with van der Waals surface area (Å²) in [4.78, 5) is 7.79. The van der Waals surface area contributed by atoms with Gasteiger partial charge in [0.1, 0.15) is 11.3 Å². The largest absolute Gasteiger partial charge is 0.397 e. The number of imidazole rings is 1. The summed E-state index contributed by atoms with van der Waals surface area (Å²) in [6.07, 6.45) is 2.01. The molecule has 92 valence electrons. The number of rotatable bonds is 2. The predicted molar refractivity (Wildman–Crippen MR) is 73.3 cm³/mol. The molecular formula is C13H18ClN3. The molecule has 0 aliphatic carbocycles. The van der Waals surface area contributed by atoms with Crippen molar-refractivity contribution in [3.63, 3.8) is 0 Å². The van der Waals surface area contributed by atoms with E-state index in [0.29, 0.717) is 16.1 Å². The number of nitrogen functional groups attached to an aromatic ring is 1. The van der Waals surface area contributed by atoms with Gasteiger partial charge in [0.25, 0.3) is 0 Å². The van der Waals surface area contributed by atoms with Gasteiger partial charge in [0.05, 0.1) is 11.2 Å². The van der Waals surface area contributed by atoms with Crippen LogP contribution >= 0.6 is 11.6 Å². The van der Waals surface area contributed by atoms with Crippen molar-refractivity contribution < 1.29 is 0 Å². The van der Waals surface area contributed by atoms with Crippen LogP contribution in [0, 0.1) is 5.41 Å². The molecule has 0 fully saturated rings. The Hall–Kier alpha value is -1.22. The first-order chi connectivity index (χ1) is 7.85. The van der Waals surface area contributed by atoms with Gasteiger partial charge in [-0.1, -0.05) is 32.4 Å². The number of aryl methyl sites for hydroxylation is 1. The number of nitrogens with two attached hydrogens (primary N) is 1. The number of hydrogen-bond acceptors (Lipinski definition) is 2. The molecule has 3 N–H and O–H groups in total. The number of nitrogens with one attached hydrogen (secondary N) is 1. The van der Waals surface area contributed by atoms with Gasteiger partial charge in [-0.25, -0.2) is 4.98 Å². The first kappa shape index (κ1) is 12.2. The van der Waals surface area contributed by atoms with E-state index < -0.39 is 0 Å². The minimum atomic E-state index is 0.308. The summed E-state index contributed by atoms with van der Waals surface area (Å²) < 4.78 is 0. The molecule has 0 saturated carbocycles. The highest BCUT2D eigenvalue weighted by Gasteiger charge is 2.13. The highest BCUT2D eigenvalue weighted by molar-refractivity contribution is 6.31. The van der Waals surface area contributed by atoms with Crippen LogP contribution in [0.15, 0.2) is 12.1 Å². The van der Waals surface area contributed by atoms with Crippen LogP contribution in [-0.4, -0.2) is 9.97 Å². The summed E-state index contributed by atoms with van der Waals surface area (Å²) in [5.74, 6) is 0.976. The maximum Gasteiger partial charge on any atom is 0.112 e. The Balaban J connectivity index is 2.29. The molecule has 0 unspecified atom stereocenters. The lowest BCUT2D eigenvalue weighted by molar-refractivity contribution is 0.375. The zero-order valence-electron chi connectivity index (χ0n) is 10.5. The summed E-state index contributed by atoms with van der Waals surface area (Å²) in [5.41, 5.74) is 8.56. The minimum absolute atomic E-state index is 0.308. The van der Waals surface area contributed by atoms with E-state index >= 15 is 0 Å². The van der Waals surface area contributed by atoms with Gasteiger partial charge in [-0.2, -0.15) is 0 Å². The summed E-state index contributed by atoms with van der Waals surface area (Å²) in [5, 5.41) is 0.640. The summed E-state index contributed by atoms with van der Waals surface area (Å²) in [6.45, 7) is 6.67. The van der Waals surface area contributed by atoms with Gasteiger partial charge in [-0.3, -0.25) is 0 Å². The molecule has 1 aromatic carbocycles. The number of hydrogen-bond donors (Lipinski definition) is 2. The predicted octanol–water partition coefficient (Wildman–Crippen LogP) is 3.78. The summed E-state index contributed by atoms with van der Waals surface area (Å²) in [7, 11) is 0. The lowest BCUT2D eigenvalue weighted by Crippen LogP contribution is -2.06. The fraction of sp³-hybridized carbons (Fsp3) is 0.462. The van der Waals surface area contributed by atoms with E-state index in [1.165, 1.54) is 0 Å². The molecule has 0 spiro atoms. The Morgan fingerprint density at radius 2 is 2.06 bits per heavy atom. The van der Waals surface area contributed by atoms with Gasteiger partial charge in [-0.15, -0.1) is 0 Å². The zero-order valence-corrected chi connectivity index (χ0v) is 11.2. The lowest BCUT2D eigenvalue weighted by Gasteiger charge is -2.16. The van der Waals surface area contributed by atoms with Crippen molar-refractivity contribution in [3.8, 4) is 0 Å². The molecule has 0 amide bonds. The van der Waals surface area contributed by atoms with Crippen molar-refractivity contribution in [1.82, 2.24) is 9.97 Å². The number of nitrogens with zero attached hydrogens (tertiary/aromatic N) is 1. The molecule has 0 aliphatic heterocycles. The Kier molecular flexibility index (Phi) is 3.04. The monoisotopic (exact) mass is 251 g/mol. The van der Waals surface area contributed by atoms with Crippen LogP contribution in [0.3, 0.4) is 0 Å². The standard InChI is InChI=1S/C13H18ClN3/c1-13(2,3)5-4-11-16-10-7-8(14)6-9(15)12(10)17-11/h6-7H,4-5,15H2,1-3H3,(H,16,17). The molecule has 2 rings (SSSR count). The van der Waals surface area contributed by atoms with Crippen molar-refractivity contribution in [2.45, 2.75) is 33.6 Å². The van der Waals surface area contributed by atoms with E-state index in [-0.39, 0.29) is 0 Å². The number of aromatic nitrogens is 2. The second-order valence-corrected chi connectivity index (χ2v) is 6.07. The Morgan fingerprint density at radius 1 is 1.35 bits per heavy atom. The van der Waals surface area contributed by atoms with Gasteiger partial charge in [-0.05, 0) is 24.0 Å². The van der Waals surface area contributed by atoms with Crippen LogP contribution < -0.4 is 5.73 Å². The number of anilines is 1. The second kappa shape index (κ2) is 4.22. The van der Waals surface area contributed by atoms with Crippen LogP contribution in [0.1, 0.15) is 33.0 Å². The molecule has 0 saturated heterocycles. The molecule has 1 aromatic heterocycles. The number of aromatic amines is 1. The molecule has 3 nitrogen and oxygen atoms in total. The molecule has 2 aromatic rings. The van der Waals surface area contributed by atoms with Gasteiger partial charge >= 0.3 is 0 Å². The minimum Gasteiger partial charge on any atom is -0.397 e. The Labute approximate surface area is 106 Å². The first-order valence-corrected chi connectivity index (χ1v) is 6.16. The maximum absolute atomic E-state index is 5.96. The van der Waals surface area contributed by atoms with Crippen molar-refractivity contribution in [2.75, 3.05) is 5.73 Å². The van der Waals surface area contributed by atoms with Gasteiger partial charge < -0.3 is 10.7 Å². The molecule has 0 bridgehead atoms. The molecule has 0 radical (unpaired) electrons. The fourth-order valence-corrected chi connectivity index (χ4v) is 2.00. The zero-order chi connectivity index (χ0) is 12.6. The molecule has 0 atom stereocenters. The molecular weight excluding hydrogens is 234 g/mol. The Morgan fingerprint density at radius 3 is 2.71 bits per heavy atom. The average Bonchev–Trinajstić information content (AvgIpc) is 2.56. The fourth-order valence-electron chi connectivity index (χ4n) is 1.77. The van der Waals surface area contributed by atoms with Crippen LogP contribution in [0.2, 0.25) is 5.02 Å². The second-order valence-electron chi connectivity index (χ2n) is 5.64. The van der Waals surface area contributed by atoms with Crippen LogP contribution in [0.4, 0.5) is 5.69 Å². The molecule has 1 heterocycles. The number of fused-ring (bicyclic) bond motifs is 1. The number of H-pyrrole nitrogens is 1. The van der Waals surface area contributed by atoms with E-state index in [4.69, 9.17) is 17.3 Å². The molecule has 4 heteroatoms. The normalized spacial score (nSPS) is 12.2. The SMILES string of the molecule is CC(C)(C)CCc1nc2c(N)cc(Cl)cc2[nH]1. The lowest BCUT2D eigenvalue weighted by atomic mass is 9.90. The summed E-state index contributed by atoms with van der Waals surface area (Å²) >= 11 is 5.96. The summed E-state index contributed by atoms with van der Waals surface area (Å²) in [6, 6.07) is 3.60.